The molecule has 0 saturated carbocycles. The molecule has 0 aromatic heterocycles. The number of aliphatic hydroxyl groups is 1. The van der Waals surface area contributed by atoms with Crippen molar-refractivity contribution in [1.29, 1.82) is 0 Å². The van der Waals surface area contributed by atoms with Crippen LogP contribution in [0.15, 0.2) is 66.2 Å². The average Bonchev–Trinajstić information content (AvgIpc) is 3.32. The Labute approximate surface area is 267 Å². The zero-order chi connectivity index (χ0) is 31.9. The lowest BCUT2D eigenvalue weighted by Gasteiger charge is -2.29. The van der Waals surface area contributed by atoms with Gasteiger partial charge in [-0.25, -0.2) is 0 Å². The number of likely N-dealkylation sites (tertiary alicyclic amines) is 1. The molecule has 1 unspecified atom stereocenters. The molecule has 3 aromatic carbocycles. The number of carbonyl (C=O) groups is 2. The summed E-state index contributed by atoms with van der Waals surface area (Å²) in [6.07, 6.45) is 0.633. The van der Waals surface area contributed by atoms with E-state index in [2.05, 4.69) is 4.90 Å². The SMILES string of the molecule is COc1cc(C2C(=C(O)c3ccc(OCc4ccc(Cl)cc4)cc3)C(=O)C(=O)N2CCCN2CCOCC2)cc(OC)c1OC. The molecule has 5 rings (SSSR count). The molecular formula is C34H37ClN2O8. The Morgan fingerprint density at radius 1 is 0.911 bits per heavy atom. The minimum atomic E-state index is -0.885. The van der Waals surface area contributed by atoms with Gasteiger partial charge >= 0.3 is 0 Å². The predicted octanol–water partition coefficient (Wildman–Crippen LogP) is 5.09. The Morgan fingerprint density at radius 3 is 2.16 bits per heavy atom. The first kappa shape index (κ1) is 32.2. The van der Waals surface area contributed by atoms with Crippen molar-refractivity contribution in [2.45, 2.75) is 19.1 Å². The van der Waals surface area contributed by atoms with E-state index in [1.165, 1.54) is 26.2 Å². The van der Waals surface area contributed by atoms with E-state index in [0.29, 0.717) is 71.9 Å². The zero-order valence-corrected chi connectivity index (χ0v) is 26.3. The maximum atomic E-state index is 13.6. The molecule has 2 fully saturated rings. The molecule has 45 heavy (non-hydrogen) atoms. The van der Waals surface area contributed by atoms with Gasteiger partial charge in [-0.15, -0.1) is 0 Å². The number of carbonyl (C=O) groups excluding carboxylic acids is 2. The number of ether oxygens (including phenoxy) is 5. The summed E-state index contributed by atoms with van der Waals surface area (Å²) >= 11 is 5.97. The largest absolute Gasteiger partial charge is 0.507 e. The summed E-state index contributed by atoms with van der Waals surface area (Å²) in [6.45, 7) is 4.34. The van der Waals surface area contributed by atoms with Crippen molar-refractivity contribution in [3.05, 3.63) is 87.9 Å². The second kappa shape index (κ2) is 14.7. The molecule has 1 atom stereocenters. The molecule has 0 bridgehead atoms. The third-order valence-electron chi connectivity index (χ3n) is 7.97. The Bertz CT molecular complexity index is 1510. The summed E-state index contributed by atoms with van der Waals surface area (Å²) in [5.74, 6) is -0.0396. The van der Waals surface area contributed by atoms with Gasteiger partial charge in [-0.3, -0.25) is 14.5 Å². The van der Waals surface area contributed by atoms with E-state index in [-0.39, 0.29) is 11.3 Å². The lowest BCUT2D eigenvalue weighted by molar-refractivity contribution is -0.140. The Balaban J connectivity index is 1.47. The predicted molar refractivity (Wildman–Crippen MR) is 169 cm³/mol. The number of benzene rings is 3. The van der Waals surface area contributed by atoms with Crippen LogP contribution in [-0.2, 0) is 20.9 Å². The van der Waals surface area contributed by atoms with Crippen molar-refractivity contribution in [3.8, 4) is 23.0 Å². The Morgan fingerprint density at radius 2 is 1.56 bits per heavy atom. The highest BCUT2D eigenvalue weighted by Crippen LogP contribution is 2.45. The number of hydrogen-bond acceptors (Lipinski definition) is 9. The quantitative estimate of drug-likeness (QED) is 0.165. The molecule has 10 nitrogen and oxygen atoms in total. The summed E-state index contributed by atoms with van der Waals surface area (Å²) in [4.78, 5) is 30.9. The number of ketones is 1. The number of methoxy groups -OCH3 is 3. The van der Waals surface area contributed by atoms with Gasteiger partial charge in [0.1, 0.15) is 18.1 Å². The summed E-state index contributed by atoms with van der Waals surface area (Å²) in [7, 11) is 4.49. The monoisotopic (exact) mass is 636 g/mol. The second-order valence-electron chi connectivity index (χ2n) is 10.7. The molecule has 1 N–H and O–H groups in total. The number of hydrogen-bond donors (Lipinski definition) is 1. The van der Waals surface area contributed by atoms with E-state index in [4.69, 9.17) is 35.3 Å². The van der Waals surface area contributed by atoms with Gasteiger partial charge in [0, 0.05) is 36.8 Å². The fraction of sp³-hybridized carbons (Fsp3) is 0.353. The minimum absolute atomic E-state index is 0.0181. The molecular weight excluding hydrogens is 600 g/mol. The fourth-order valence-electron chi connectivity index (χ4n) is 5.62. The van der Waals surface area contributed by atoms with E-state index in [0.717, 1.165) is 25.2 Å². The number of morpholine rings is 1. The maximum absolute atomic E-state index is 13.6. The van der Waals surface area contributed by atoms with Crippen molar-refractivity contribution in [2.24, 2.45) is 0 Å². The number of rotatable bonds is 12. The molecule has 0 aliphatic carbocycles. The topological polar surface area (TPSA) is 107 Å². The van der Waals surface area contributed by atoms with Gasteiger partial charge in [-0.05, 0) is 66.1 Å². The lowest BCUT2D eigenvalue weighted by atomic mass is 9.94. The van der Waals surface area contributed by atoms with Crippen molar-refractivity contribution in [1.82, 2.24) is 9.80 Å². The van der Waals surface area contributed by atoms with Gasteiger partial charge in [0.05, 0.1) is 46.2 Å². The smallest absolute Gasteiger partial charge is 0.295 e. The highest BCUT2D eigenvalue weighted by Gasteiger charge is 2.46. The summed E-state index contributed by atoms with van der Waals surface area (Å²) in [5.41, 5.74) is 1.85. The first-order valence-electron chi connectivity index (χ1n) is 14.7. The molecule has 2 heterocycles. The van der Waals surface area contributed by atoms with Crippen LogP contribution in [0, 0.1) is 0 Å². The molecule has 1 amide bonds. The first-order chi connectivity index (χ1) is 21.8. The van der Waals surface area contributed by atoms with Crippen LogP contribution in [0.5, 0.6) is 23.0 Å². The highest BCUT2D eigenvalue weighted by molar-refractivity contribution is 6.46. The molecule has 3 aromatic rings. The summed E-state index contributed by atoms with van der Waals surface area (Å²) in [6, 6.07) is 16.6. The van der Waals surface area contributed by atoms with E-state index in [9.17, 15) is 14.7 Å². The molecule has 2 aliphatic heterocycles. The van der Waals surface area contributed by atoms with Crippen molar-refractivity contribution in [2.75, 3.05) is 60.7 Å². The molecule has 238 valence electrons. The van der Waals surface area contributed by atoms with Gasteiger partial charge < -0.3 is 33.7 Å². The lowest BCUT2D eigenvalue weighted by Crippen LogP contribution is -2.39. The normalized spacial score (nSPS) is 18.2. The van der Waals surface area contributed by atoms with Crippen LogP contribution >= 0.6 is 11.6 Å². The summed E-state index contributed by atoms with van der Waals surface area (Å²) in [5, 5.41) is 12.2. The van der Waals surface area contributed by atoms with Gasteiger partial charge in [-0.1, -0.05) is 23.7 Å². The molecule has 0 spiro atoms. The minimum Gasteiger partial charge on any atom is -0.507 e. The van der Waals surface area contributed by atoms with Gasteiger partial charge in [0.2, 0.25) is 5.75 Å². The third kappa shape index (κ3) is 7.19. The maximum Gasteiger partial charge on any atom is 0.295 e. The second-order valence-corrected chi connectivity index (χ2v) is 11.1. The van der Waals surface area contributed by atoms with Crippen LogP contribution in [0.1, 0.15) is 29.2 Å². The van der Waals surface area contributed by atoms with E-state index in [1.54, 1.807) is 48.5 Å². The summed E-state index contributed by atoms with van der Waals surface area (Å²) < 4.78 is 28.0. The first-order valence-corrected chi connectivity index (χ1v) is 15.1. The Kier molecular flexibility index (Phi) is 10.5. The molecule has 0 radical (unpaired) electrons. The van der Waals surface area contributed by atoms with Crippen molar-refractivity contribution >= 4 is 29.1 Å². The molecule has 2 saturated heterocycles. The highest BCUT2D eigenvalue weighted by atomic mass is 35.5. The standard InChI is InChI=1S/C34H37ClN2O8/c1-41-27-19-24(20-28(42-2)33(27)43-3)30-29(32(39)34(40)37(30)14-4-13-36-15-17-44-18-16-36)31(38)23-7-11-26(12-8-23)45-21-22-5-9-25(35)10-6-22/h5-12,19-20,30,38H,4,13-18,21H2,1-3H3. The molecule has 11 heteroatoms. The average molecular weight is 637 g/mol. The number of amides is 1. The van der Waals surface area contributed by atoms with Crippen molar-refractivity contribution in [3.63, 3.8) is 0 Å². The number of aliphatic hydroxyl groups excluding tert-OH is 1. The van der Waals surface area contributed by atoms with Crippen LogP contribution in [0.3, 0.4) is 0 Å². The Hall–Kier alpha value is -4.25. The zero-order valence-electron chi connectivity index (χ0n) is 25.6. The van der Waals surface area contributed by atoms with Gasteiger partial charge in [0.25, 0.3) is 11.7 Å². The van der Waals surface area contributed by atoms with Gasteiger partial charge in [0.15, 0.2) is 11.5 Å². The van der Waals surface area contributed by atoms with E-state index >= 15 is 0 Å². The van der Waals surface area contributed by atoms with Gasteiger partial charge in [-0.2, -0.15) is 0 Å². The van der Waals surface area contributed by atoms with Crippen LogP contribution in [0.25, 0.3) is 5.76 Å². The van der Waals surface area contributed by atoms with Crippen LogP contribution in [0.2, 0.25) is 5.02 Å². The van der Waals surface area contributed by atoms with Crippen LogP contribution in [0.4, 0.5) is 0 Å². The fourth-order valence-corrected chi connectivity index (χ4v) is 5.74. The van der Waals surface area contributed by atoms with Crippen LogP contribution in [-0.4, -0.2) is 87.3 Å². The van der Waals surface area contributed by atoms with E-state index < -0.39 is 17.7 Å². The van der Waals surface area contributed by atoms with Crippen LogP contribution < -0.4 is 18.9 Å². The van der Waals surface area contributed by atoms with Crippen molar-refractivity contribution < 1.29 is 38.4 Å². The number of halogens is 1. The number of nitrogens with zero attached hydrogens (tertiary/aromatic N) is 2. The number of Topliss-reactive ketones (excluding diaryl/α,β-unsaturated/α-hetero) is 1. The third-order valence-corrected chi connectivity index (χ3v) is 8.22. The molecule has 2 aliphatic rings. The van der Waals surface area contributed by atoms with E-state index in [1.807, 2.05) is 12.1 Å².